The zero-order valence-corrected chi connectivity index (χ0v) is 18.2. The van der Waals surface area contributed by atoms with Crippen LogP contribution in [0.4, 0.5) is 0 Å². The molecule has 3 atom stereocenters. The molecular weight excluding hydrogens is 396 g/mol. The Morgan fingerprint density at radius 2 is 1.72 bits per heavy atom. The van der Waals surface area contributed by atoms with Crippen molar-refractivity contribution in [2.45, 2.75) is 57.3 Å². The number of carbonyl (C=O) groups is 1. The Morgan fingerprint density at radius 3 is 2.34 bits per heavy atom. The van der Waals surface area contributed by atoms with Gasteiger partial charge in [-0.3, -0.25) is 4.79 Å². The molecule has 1 fully saturated rings. The molecule has 0 radical (unpaired) electrons. The molecule has 0 spiro atoms. The van der Waals surface area contributed by atoms with Crippen molar-refractivity contribution in [3.05, 3.63) is 18.2 Å². The predicted octanol–water partition coefficient (Wildman–Crippen LogP) is 1.79. The third kappa shape index (κ3) is 5.21. The van der Waals surface area contributed by atoms with Crippen molar-refractivity contribution in [3.8, 4) is 11.5 Å². The van der Waals surface area contributed by atoms with Gasteiger partial charge in [-0.05, 0) is 31.9 Å². The monoisotopic (exact) mass is 426 g/mol. The van der Waals surface area contributed by atoms with Gasteiger partial charge in [0.25, 0.3) is 0 Å². The fraction of sp³-hybridized carbons (Fsp3) is 0.650. The highest BCUT2D eigenvalue weighted by Crippen LogP contribution is 2.32. The lowest BCUT2D eigenvalue weighted by Crippen LogP contribution is -2.56. The first-order valence-corrected chi connectivity index (χ1v) is 11.5. The van der Waals surface area contributed by atoms with Crippen molar-refractivity contribution >= 4 is 15.9 Å². The molecule has 162 valence electrons. The van der Waals surface area contributed by atoms with Gasteiger partial charge in [-0.15, -0.1) is 0 Å². The second-order valence-corrected chi connectivity index (χ2v) is 9.72. The van der Waals surface area contributed by atoms with Gasteiger partial charge < -0.3 is 19.1 Å². The van der Waals surface area contributed by atoms with Crippen LogP contribution >= 0.6 is 0 Å². The minimum atomic E-state index is -3.92. The Kier molecular flexibility index (Phi) is 6.70. The molecule has 3 rings (SSSR count). The van der Waals surface area contributed by atoms with Gasteiger partial charge in [0.05, 0.1) is 30.3 Å². The summed E-state index contributed by atoms with van der Waals surface area (Å²) in [7, 11) is -3.92. The lowest BCUT2D eigenvalue weighted by Gasteiger charge is -2.38. The van der Waals surface area contributed by atoms with E-state index < -0.39 is 16.1 Å². The number of sulfonamides is 1. The van der Waals surface area contributed by atoms with E-state index >= 15 is 0 Å². The van der Waals surface area contributed by atoms with Crippen molar-refractivity contribution in [1.29, 1.82) is 0 Å². The number of nitrogens with one attached hydrogen (secondary N) is 1. The van der Waals surface area contributed by atoms with Crippen LogP contribution in [0.1, 0.15) is 34.1 Å². The van der Waals surface area contributed by atoms with Gasteiger partial charge in [0.1, 0.15) is 6.04 Å². The lowest BCUT2D eigenvalue weighted by molar-refractivity contribution is -0.145. The molecule has 1 N–H and O–H groups in total. The fourth-order valence-corrected chi connectivity index (χ4v) is 4.92. The Hall–Kier alpha value is -1.84. The van der Waals surface area contributed by atoms with Crippen LogP contribution in [0.3, 0.4) is 0 Å². The molecule has 0 aromatic heterocycles. The topological polar surface area (TPSA) is 94.2 Å². The average Bonchev–Trinajstić information content (AvgIpc) is 2.89. The highest BCUT2D eigenvalue weighted by Gasteiger charge is 2.35. The van der Waals surface area contributed by atoms with Gasteiger partial charge >= 0.3 is 0 Å². The number of amides is 1. The maximum atomic E-state index is 13.1. The van der Waals surface area contributed by atoms with E-state index in [9.17, 15) is 13.2 Å². The van der Waals surface area contributed by atoms with Crippen LogP contribution in [0, 0.1) is 5.92 Å². The summed E-state index contributed by atoms with van der Waals surface area (Å²) in [5.74, 6) is 0.467. The van der Waals surface area contributed by atoms with E-state index in [1.165, 1.54) is 12.1 Å². The van der Waals surface area contributed by atoms with Gasteiger partial charge in [0.2, 0.25) is 15.9 Å². The molecule has 2 aliphatic heterocycles. The minimum Gasteiger partial charge on any atom is -0.490 e. The molecular formula is C20H30N2O6S. The molecule has 1 saturated heterocycles. The molecule has 0 saturated carbocycles. The molecule has 1 aromatic carbocycles. The van der Waals surface area contributed by atoms with Gasteiger partial charge in [0, 0.05) is 25.6 Å². The summed E-state index contributed by atoms with van der Waals surface area (Å²) >= 11 is 0. The molecule has 0 unspecified atom stereocenters. The van der Waals surface area contributed by atoms with Crippen LogP contribution < -0.4 is 14.2 Å². The van der Waals surface area contributed by atoms with Crippen LogP contribution in [-0.2, 0) is 19.6 Å². The van der Waals surface area contributed by atoms with Gasteiger partial charge in [-0.1, -0.05) is 13.8 Å². The van der Waals surface area contributed by atoms with Crippen LogP contribution in [0.25, 0.3) is 0 Å². The first-order chi connectivity index (χ1) is 13.7. The summed E-state index contributed by atoms with van der Waals surface area (Å²) in [5.41, 5.74) is 0. The van der Waals surface area contributed by atoms with Crippen molar-refractivity contribution in [3.63, 3.8) is 0 Å². The minimum absolute atomic E-state index is 0.0453. The summed E-state index contributed by atoms with van der Waals surface area (Å²) in [6, 6.07) is 3.64. The number of nitrogens with zero attached hydrogens (tertiary/aromatic N) is 1. The SMILES string of the molecule is CC(C)[C@@H](NS(=O)(=O)c1ccc2c(c1)OCCCO2)C(=O)N1C[C@@H](C)O[C@H](C)C1. The second-order valence-electron chi connectivity index (χ2n) is 8.00. The number of fused-ring (bicyclic) bond motifs is 1. The molecule has 0 aliphatic carbocycles. The third-order valence-corrected chi connectivity index (χ3v) is 6.41. The van der Waals surface area contributed by atoms with Crippen molar-refractivity contribution in [2.24, 2.45) is 5.92 Å². The average molecular weight is 427 g/mol. The van der Waals surface area contributed by atoms with E-state index in [2.05, 4.69) is 4.72 Å². The highest BCUT2D eigenvalue weighted by molar-refractivity contribution is 7.89. The molecule has 1 amide bonds. The van der Waals surface area contributed by atoms with Crippen LogP contribution in [0.15, 0.2) is 23.1 Å². The Labute approximate surface area is 172 Å². The predicted molar refractivity (Wildman–Crippen MR) is 108 cm³/mol. The fourth-order valence-electron chi connectivity index (χ4n) is 3.57. The smallest absolute Gasteiger partial charge is 0.241 e. The van der Waals surface area contributed by atoms with Crippen LogP contribution in [-0.4, -0.2) is 63.8 Å². The molecule has 9 heteroatoms. The Balaban J connectivity index is 1.80. The molecule has 8 nitrogen and oxygen atoms in total. The molecule has 2 aliphatic rings. The maximum absolute atomic E-state index is 13.1. The van der Waals surface area contributed by atoms with Gasteiger partial charge in [-0.2, -0.15) is 4.72 Å². The summed E-state index contributed by atoms with van der Waals surface area (Å²) < 4.78 is 45.5. The summed E-state index contributed by atoms with van der Waals surface area (Å²) in [4.78, 5) is 14.8. The van der Waals surface area contributed by atoms with Crippen molar-refractivity contribution in [1.82, 2.24) is 9.62 Å². The Bertz CT molecular complexity index is 831. The number of hydrogen-bond acceptors (Lipinski definition) is 6. The number of morpholine rings is 1. The van der Waals surface area contributed by atoms with Crippen LogP contribution in [0.2, 0.25) is 0 Å². The van der Waals surface area contributed by atoms with Gasteiger partial charge in [-0.25, -0.2) is 8.42 Å². The number of benzene rings is 1. The third-order valence-electron chi connectivity index (χ3n) is 4.98. The van der Waals surface area contributed by atoms with E-state index in [0.29, 0.717) is 37.8 Å². The Morgan fingerprint density at radius 1 is 1.10 bits per heavy atom. The highest BCUT2D eigenvalue weighted by atomic mass is 32.2. The van der Waals surface area contributed by atoms with Crippen LogP contribution in [0.5, 0.6) is 11.5 Å². The summed E-state index contributed by atoms with van der Waals surface area (Å²) in [5, 5.41) is 0. The standard InChI is InChI=1S/C20H30N2O6S/c1-13(2)19(20(23)22-11-14(3)28-15(4)12-22)21-29(24,25)16-6-7-17-18(10-16)27-9-5-8-26-17/h6-7,10,13-15,19,21H,5,8-9,11-12H2,1-4H3/t14-,15-,19-/m1/s1. The van der Waals surface area contributed by atoms with E-state index in [-0.39, 0.29) is 28.9 Å². The number of carbonyl (C=O) groups excluding carboxylic acids is 1. The van der Waals surface area contributed by atoms with Crippen molar-refractivity contribution in [2.75, 3.05) is 26.3 Å². The molecule has 1 aromatic rings. The van der Waals surface area contributed by atoms with E-state index in [4.69, 9.17) is 14.2 Å². The largest absolute Gasteiger partial charge is 0.490 e. The zero-order valence-electron chi connectivity index (χ0n) is 17.4. The van der Waals surface area contributed by atoms with Gasteiger partial charge in [0.15, 0.2) is 11.5 Å². The van der Waals surface area contributed by atoms with E-state index in [0.717, 1.165) is 6.42 Å². The number of ether oxygens (including phenoxy) is 3. The second kappa shape index (κ2) is 8.89. The quantitative estimate of drug-likeness (QED) is 0.771. The molecule has 0 bridgehead atoms. The summed E-state index contributed by atoms with van der Waals surface area (Å²) in [6.45, 7) is 9.33. The van der Waals surface area contributed by atoms with Crippen molar-refractivity contribution < 1.29 is 27.4 Å². The maximum Gasteiger partial charge on any atom is 0.241 e. The zero-order chi connectivity index (χ0) is 21.2. The molecule has 29 heavy (non-hydrogen) atoms. The first-order valence-electron chi connectivity index (χ1n) is 10.0. The normalized spacial score (nSPS) is 23.6. The number of hydrogen-bond donors (Lipinski definition) is 1. The lowest BCUT2D eigenvalue weighted by atomic mass is 10.0. The van der Waals surface area contributed by atoms with E-state index in [1.807, 2.05) is 27.7 Å². The first kappa shape index (κ1) is 21.9. The molecule has 2 heterocycles. The number of rotatable bonds is 5. The summed E-state index contributed by atoms with van der Waals surface area (Å²) in [6.07, 6.45) is 0.553. The van der Waals surface area contributed by atoms with E-state index in [1.54, 1.807) is 11.0 Å².